The molecule has 0 atom stereocenters. The van der Waals surface area contributed by atoms with Gasteiger partial charge in [-0.3, -0.25) is 4.79 Å². The van der Waals surface area contributed by atoms with Crippen LogP contribution >= 0.6 is 11.6 Å². The normalized spacial score (nSPS) is 10.3. The zero-order valence-electron chi connectivity index (χ0n) is 10.6. The highest BCUT2D eigenvalue weighted by molar-refractivity contribution is 6.31. The number of phenolic OH excluding ortho intramolecular Hbond substituents is 1. The van der Waals surface area contributed by atoms with Gasteiger partial charge >= 0.3 is 0 Å². The van der Waals surface area contributed by atoms with Crippen LogP contribution in [0.15, 0.2) is 42.5 Å². The van der Waals surface area contributed by atoms with Crippen molar-refractivity contribution in [3.63, 3.8) is 0 Å². The van der Waals surface area contributed by atoms with Gasteiger partial charge < -0.3 is 15.5 Å². The lowest BCUT2D eigenvalue weighted by Gasteiger charge is -2.08. The number of halogens is 1. The average Bonchev–Trinajstić information content (AvgIpc) is 2.47. The van der Waals surface area contributed by atoms with E-state index in [4.69, 9.17) is 16.7 Å². The van der Waals surface area contributed by atoms with E-state index in [0.717, 1.165) is 11.1 Å². The van der Waals surface area contributed by atoms with Crippen LogP contribution in [0.25, 0.3) is 0 Å². The Balaban J connectivity index is 2.06. The van der Waals surface area contributed by atoms with Gasteiger partial charge in [-0.2, -0.15) is 0 Å². The molecule has 0 radical (unpaired) electrons. The number of aliphatic hydroxyl groups is 1. The third kappa shape index (κ3) is 3.50. The molecule has 0 saturated carbocycles. The third-order valence-corrected chi connectivity index (χ3v) is 3.07. The summed E-state index contributed by atoms with van der Waals surface area (Å²) in [5.74, 6) is -0.518. The van der Waals surface area contributed by atoms with Crippen LogP contribution < -0.4 is 5.32 Å². The molecule has 0 unspecified atom stereocenters. The van der Waals surface area contributed by atoms with Crippen molar-refractivity contribution < 1.29 is 15.0 Å². The van der Waals surface area contributed by atoms with Gasteiger partial charge in [0, 0.05) is 11.6 Å². The Morgan fingerprint density at radius 1 is 1.15 bits per heavy atom. The highest BCUT2D eigenvalue weighted by Gasteiger charge is 2.11. The summed E-state index contributed by atoms with van der Waals surface area (Å²) in [5, 5.41) is 21.8. The number of carbonyl (C=O) groups is 1. The second-order valence-electron chi connectivity index (χ2n) is 4.32. The molecule has 0 bridgehead atoms. The fourth-order valence-corrected chi connectivity index (χ4v) is 1.98. The monoisotopic (exact) mass is 291 g/mol. The van der Waals surface area contributed by atoms with Crippen LogP contribution in [0.5, 0.6) is 5.75 Å². The van der Waals surface area contributed by atoms with E-state index in [2.05, 4.69) is 5.32 Å². The van der Waals surface area contributed by atoms with Crippen LogP contribution in [0.3, 0.4) is 0 Å². The molecule has 5 heteroatoms. The molecule has 2 aromatic rings. The molecule has 0 spiro atoms. The van der Waals surface area contributed by atoms with Crippen molar-refractivity contribution in [2.24, 2.45) is 0 Å². The molecule has 0 aliphatic rings. The molecule has 3 N–H and O–H groups in total. The average molecular weight is 292 g/mol. The van der Waals surface area contributed by atoms with E-state index in [-0.39, 0.29) is 17.9 Å². The summed E-state index contributed by atoms with van der Waals surface area (Å²) >= 11 is 5.80. The van der Waals surface area contributed by atoms with Crippen LogP contribution in [-0.2, 0) is 13.2 Å². The first-order valence-corrected chi connectivity index (χ1v) is 6.43. The predicted octanol–water partition coefficient (Wildman–Crippen LogP) is 2.47. The lowest BCUT2D eigenvalue weighted by molar-refractivity contribution is 0.0948. The molecular formula is C15H14ClNO3. The maximum absolute atomic E-state index is 12.0. The molecule has 104 valence electrons. The Labute approximate surface area is 121 Å². The third-order valence-electron chi connectivity index (χ3n) is 2.83. The van der Waals surface area contributed by atoms with Crippen LogP contribution in [0.4, 0.5) is 0 Å². The molecule has 0 aliphatic carbocycles. The number of hydrogen-bond donors (Lipinski definition) is 3. The molecule has 0 aromatic heterocycles. The van der Waals surface area contributed by atoms with Gasteiger partial charge in [-0.1, -0.05) is 35.9 Å². The summed E-state index contributed by atoms with van der Waals surface area (Å²) in [5.41, 5.74) is 1.78. The van der Waals surface area contributed by atoms with Crippen molar-refractivity contribution in [3.05, 3.63) is 64.2 Å². The van der Waals surface area contributed by atoms with E-state index in [0.29, 0.717) is 11.6 Å². The molecular weight excluding hydrogens is 278 g/mol. The minimum absolute atomic E-state index is 0.0448. The second kappa shape index (κ2) is 6.41. The smallest absolute Gasteiger partial charge is 0.255 e. The number of phenols is 1. The minimum Gasteiger partial charge on any atom is -0.507 e. The quantitative estimate of drug-likeness (QED) is 0.810. The van der Waals surface area contributed by atoms with Crippen LogP contribution in [-0.4, -0.2) is 16.1 Å². The topological polar surface area (TPSA) is 69.6 Å². The SMILES string of the molecule is O=C(NCc1cccc(CO)c1)c1cc(Cl)ccc1O. The summed E-state index contributed by atoms with van der Waals surface area (Å²) in [6.07, 6.45) is 0. The summed E-state index contributed by atoms with van der Waals surface area (Å²) in [6.45, 7) is 0.259. The number of rotatable bonds is 4. The van der Waals surface area contributed by atoms with E-state index in [1.807, 2.05) is 12.1 Å². The summed E-state index contributed by atoms with van der Waals surface area (Å²) < 4.78 is 0. The van der Waals surface area contributed by atoms with Gasteiger partial charge in [0.2, 0.25) is 0 Å². The molecule has 0 aliphatic heterocycles. The first-order valence-electron chi connectivity index (χ1n) is 6.05. The number of benzene rings is 2. The number of nitrogens with one attached hydrogen (secondary N) is 1. The maximum Gasteiger partial charge on any atom is 0.255 e. The summed E-state index contributed by atoms with van der Waals surface area (Å²) in [6, 6.07) is 11.6. The van der Waals surface area contributed by atoms with Gasteiger partial charge in [-0.05, 0) is 29.3 Å². The Hall–Kier alpha value is -2.04. The van der Waals surface area contributed by atoms with Gasteiger partial charge in [-0.25, -0.2) is 0 Å². The highest BCUT2D eigenvalue weighted by Crippen LogP contribution is 2.21. The van der Waals surface area contributed by atoms with E-state index in [9.17, 15) is 9.90 Å². The van der Waals surface area contributed by atoms with Gasteiger partial charge in [-0.15, -0.1) is 0 Å². The fraction of sp³-hybridized carbons (Fsp3) is 0.133. The Morgan fingerprint density at radius 3 is 2.65 bits per heavy atom. The molecule has 20 heavy (non-hydrogen) atoms. The van der Waals surface area contributed by atoms with Crippen LogP contribution in [0, 0.1) is 0 Å². The van der Waals surface area contributed by atoms with E-state index >= 15 is 0 Å². The van der Waals surface area contributed by atoms with Gasteiger partial charge in [0.25, 0.3) is 5.91 Å². The lowest BCUT2D eigenvalue weighted by atomic mass is 10.1. The Kier molecular flexibility index (Phi) is 4.61. The maximum atomic E-state index is 12.0. The number of aromatic hydroxyl groups is 1. The lowest BCUT2D eigenvalue weighted by Crippen LogP contribution is -2.22. The zero-order valence-corrected chi connectivity index (χ0v) is 11.4. The van der Waals surface area contributed by atoms with Crippen molar-refractivity contribution in [1.29, 1.82) is 0 Å². The van der Waals surface area contributed by atoms with E-state index < -0.39 is 5.91 Å². The molecule has 4 nitrogen and oxygen atoms in total. The standard InChI is InChI=1S/C15H14ClNO3/c16-12-4-5-14(19)13(7-12)15(20)17-8-10-2-1-3-11(6-10)9-18/h1-7,18-19H,8-9H2,(H,17,20). The number of carbonyl (C=O) groups excluding carboxylic acids is 1. The fourth-order valence-electron chi connectivity index (χ4n) is 1.81. The van der Waals surface area contributed by atoms with E-state index in [1.165, 1.54) is 18.2 Å². The minimum atomic E-state index is -0.403. The van der Waals surface area contributed by atoms with E-state index in [1.54, 1.807) is 12.1 Å². The van der Waals surface area contributed by atoms with Gasteiger partial charge in [0.15, 0.2) is 0 Å². The predicted molar refractivity (Wildman–Crippen MR) is 76.7 cm³/mol. The molecule has 0 saturated heterocycles. The first-order chi connectivity index (χ1) is 9.60. The van der Waals surface area contributed by atoms with Gasteiger partial charge in [0.1, 0.15) is 5.75 Å². The van der Waals surface area contributed by atoms with Crippen molar-refractivity contribution in [3.8, 4) is 5.75 Å². The van der Waals surface area contributed by atoms with Crippen molar-refractivity contribution in [1.82, 2.24) is 5.32 Å². The van der Waals surface area contributed by atoms with Crippen LogP contribution in [0.1, 0.15) is 21.5 Å². The largest absolute Gasteiger partial charge is 0.507 e. The first kappa shape index (κ1) is 14.4. The Bertz CT molecular complexity index is 628. The Morgan fingerprint density at radius 2 is 1.90 bits per heavy atom. The molecule has 2 aromatic carbocycles. The van der Waals surface area contributed by atoms with Crippen molar-refractivity contribution in [2.45, 2.75) is 13.2 Å². The zero-order chi connectivity index (χ0) is 14.5. The summed E-state index contributed by atoms with van der Waals surface area (Å²) in [4.78, 5) is 12.0. The molecule has 0 fully saturated rings. The molecule has 1 amide bonds. The highest BCUT2D eigenvalue weighted by atomic mass is 35.5. The second-order valence-corrected chi connectivity index (χ2v) is 4.76. The van der Waals surface area contributed by atoms with Gasteiger partial charge in [0.05, 0.1) is 12.2 Å². The van der Waals surface area contributed by atoms with Crippen LogP contribution in [0.2, 0.25) is 5.02 Å². The molecule has 0 heterocycles. The summed E-state index contributed by atoms with van der Waals surface area (Å²) in [7, 11) is 0. The number of amides is 1. The number of aliphatic hydroxyl groups excluding tert-OH is 1. The number of hydrogen-bond acceptors (Lipinski definition) is 3. The van der Waals surface area contributed by atoms with Crippen molar-refractivity contribution in [2.75, 3.05) is 0 Å². The molecule has 2 rings (SSSR count). The van der Waals surface area contributed by atoms with Crippen molar-refractivity contribution >= 4 is 17.5 Å².